The molecule has 2 heterocycles. The van der Waals surface area contributed by atoms with Crippen molar-refractivity contribution in [3.05, 3.63) is 17.7 Å². The van der Waals surface area contributed by atoms with Gasteiger partial charge in [0.25, 0.3) is 0 Å². The minimum atomic E-state index is -4.41. The number of piperidine rings is 1. The molecule has 3 N–H and O–H groups in total. The molecule has 0 unspecified atom stereocenters. The number of imidazole rings is 1. The molecule has 5 nitrogen and oxygen atoms in total. The van der Waals surface area contributed by atoms with Crippen molar-refractivity contribution in [3.8, 4) is 0 Å². The molecule has 0 radical (unpaired) electrons. The first-order valence-corrected chi connectivity index (χ1v) is 8.39. The molecule has 1 aliphatic rings. The highest BCUT2D eigenvalue weighted by molar-refractivity contribution is 5.85. The van der Waals surface area contributed by atoms with Gasteiger partial charge in [-0.25, -0.2) is 4.98 Å². The average Bonchev–Trinajstić information content (AvgIpc) is 3.07. The molecule has 1 aromatic rings. The van der Waals surface area contributed by atoms with E-state index in [4.69, 9.17) is 5.73 Å². The Kier molecular flexibility index (Phi) is 9.43. The summed E-state index contributed by atoms with van der Waals surface area (Å²) in [5, 5.41) is 0. The number of carbonyl (C=O) groups is 1. The third kappa shape index (κ3) is 5.04. The zero-order valence-corrected chi connectivity index (χ0v) is 16.6. The molecule has 0 aromatic carbocycles. The van der Waals surface area contributed by atoms with Crippen LogP contribution in [0.3, 0.4) is 0 Å². The molecule has 1 fully saturated rings. The van der Waals surface area contributed by atoms with Crippen molar-refractivity contribution in [2.24, 2.45) is 11.1 Å². The number of nitrogens with zero attached hydrogens (tertiary/aromatic N) is 2. The molecule has 1 saturated heterocycles. The van der Waals surface area contributed by atoms with Crippen molar-refractivity contribution < 1.29 is 18.0 Å². The van der Waals surface area contributed by atoms with Crippen LogP contribution in [-0.2, 0) is 11.0 Å². The van der Waals surface area contributed by atoms with Gasteiger partial charge in [-0.3, -0.25) is 4.79 Å². The van der Waals surface area contributed by atoms with Crippen LogP contribution in [-0.4, -0.2) is 40.4 Å². The van der Waals surface area contributed by atoms with Gasteiger partial charge in [0.15, 0.2) is 0 Å². The van der Waals surface area contributed by atoms with Crippen LogP contribution in [0.2, 0.25) is 0 Å². The minimum absolute atomic E-state index is 0. The summed E-state index contributed by atoms with van der Waals surface area (Å²) in [4.78, 5) is 20.8. The van der Waals surface area contributed by atoms with E-state index in [1.165, 1.54) is 0 Å². The van der Waals surface area contributed by atoms with Crippen LogP contribution in [0.25, 0.3) is 0 Å². The molecule has 1 aromatic heterocycles. The van der Waals surface area contributed by atoms with E-state index in [9.17, 15) is 18.0 Å². The molecule has 26 heavy (non-hydrogen) atoms. The Morgan fingerprint density at radius 3 is 2.19 bits per heavy atom. The fourth-order valence-corrected chi connectivity index (χ4v) is 3.31. The number of likely N-dealkylation sites (tertiary alicyclic amines) is 1. The number of hydrogen-bond donors (Lipinski definition) is 2. The van der Waals surface area contributed by atoms with Crippen LogP contribution >= 0.6 is 24.8 Å². The molecule has 0 atom stereocenters. The van der Waals surface area contributed by atoms with Gasteiger partial charge in [-0.2, -0.15) is 13.2 Å². The number of carbonyl (C=O) groups excluding carboxylic acids is 1. The lowest BCUT2D eigenvalue weighted by Crippen LogP contribution is -2.50. The van der Waals surface area contributed by atoms with Crippen molar-refractivity contribution in [3.63, 3.8) is 0 Å². The van der Waals surface area contributed by atoms with Crippen LogP contribution in [0, 0.1) is 5.41 Å². The summed E-state index contributed by atoms with van der Waals surface area (Å²) in [6.45, 7) is 5.28. The largest absolute Gasteiger partial charge is 0.432 e. The Morgan fingerprint density at radius 1 is 1.27 bits per heavy atom. The Bertz CT molecular complexity index is 560. The van der Waals surface area contributed by atoms with Gasteiger partial charge in [-0.1, -0.05) is 13.8 Å². The van der Waals surface area contributed by atoms with Gasteiger partial charge in [-0.05, 0) is 25.7 Å². The number of nitrogens with two attached hydrogens (primary N) is 1. The van der Waals surface area contributed by atoms with Gasteiger partial charge < -0.3 is 15.6 Å². The fraction of sp³-hybridized carbons (Fsp3) is 0.750. The van der Waals surface area contributed by atoms with Crippen LogP contribution in [0.15, 0.2) is 6.20 Å². The number of halogens is 5. The first kappa shape index (κ1) is 25.0. The summed E-state index contributed by atoms with van der Waals surface area (Å²) in [7, 11) is 0. The zero-order valence-electron chi connectivity index (χ0n) is 14.9. The lowest BCUT2D eigenvalue weighted by Gasteiger charge is -2.38. The highest BCUT2D eigenvalue weighted by atomic mass is 35.5. The molecule has 152 valence electrons. The van der Waals surface area contributed by atoms with Crippen LogP contribution < -0.4 is 5.73 Å². The highest BCUT2D eigenvalue weighted by Crippen LogP contribution is 2.34. The van der Waals surface area contributed by atoms with Crippen molar-refractivity contribution in [1.82, 2.24) is 14.9 Å². The quantitative estimate of drug-likeness (QED) is 0.764. The van der Waals surface area contributed by atoms with Crippen LogP contribution in [0.5, 0.6) is 0 Å². The molecule has 10 heteroatoms. The molecule has 0 bridgehead atoms. The number of hydrogen-bond acceptors (Lipinski definition) is 3. The number of aromatic amines is 1. The summed E-state index contributed by atoms with van der Waals surface area (Å²) >= 11 is 0. The summed E-state index contributed by atoms with van der Waals surface area (Å²) in [5.74, 6) is 0.329. The smallest absolute Gasteiger partial charge is 0.342 e. The zero-order chi connectivity index (χ0) is 18.0. The molecule has 0 aliphatic carbocycles. The minimum Gasteiger partial charge on any atom is -0.342 e. The maximum atomic E-state index is 12.8. The van der Waals surface area contributed by atoms with E-state index < -0.39 is 17.3 Å². The van der Waals surface area contributed by atoms with Crippen molar-refractivity contribution in [1.29, 1.82) is 0 Å². The summed E-state index contributed by atoms with van der Waals surface area (Å²) < 4.78 is 37.9. The molecule has 1 aliphatic heterocycles. The molecular weight excluding hydrogens is 392 g/mol. The van der Waals surface area contributed by atoms with Crippen LogP contribution in [0.1, 0.15) is 57.0 Å². The van der Waals surface area contributed by atoms with E-state index in [0.29, 0.717) is 51.1 Å². The molecule has 0 saturated carbocycles. The average molecular weight is 419 g/mol. The van der Waals surface area contributed by atoms with Crippen molar-refractivity contribution in [2.75, 3.05) is 19.6 Å². The van der Waals surface area contributed by atoms with Gasteiger partial charge in [-0.15, -0.1) is 24.8 Å². The van der Waals surface area contributed by atoms with E-state index in [1.807, 2.05) is 13.8 Å². The number of aromatic nitrogens is 2. The van der Waals surface area contributed by atoms with Gasteiger partial charge in [0.1, 0.15) is 11.5 Å². The lowest BCUT2D eigenvalue weighted by molar-refractivity contribution is -0.143. The Morgan fingerprint density at radius 2 is 1.81 bits per heavy atom. The topological polar surface area (TPSA) is 75.0 Å². The maximum absolute atomic E-state index is 12.8. The third-order valence-electron chi connectivity index (χ3n) is 5.27. The molecular formula is C16H27Cl2F3N4O. The Hall–Kier alpha value is -0.990. The van der Waals surface area contributed by atoms with Gasteiger partial charge in [0.05, 0.1) is 11.6 Å². The SMILES string of the molecule is CCC(CC)(CN)C(=O)N1CCC(c2ncc(C(F)(F)F)[nH]2)CC1.Cl.Cl. The Labute approximate surface area is 164 Å². The summed E-state index contributed by atoms with van der Waals surface area (Å²) in [6, 6.07) is 0. The number of amides is 1. The highest BCUT2D eigenvalue weighted by Gasteiger charge is 2.39. The van der Waals surface area contributed by atoms with Gasteiger partial charge in [0, 0.05) is 25.6 Å². The summed E-state index contributed by atoms with van der Waals surface area (Å²) in [5.41, 5.74) is 4.48. The predicted molar refractivity (Wildman–Crippen MR) is 98.7 cm³/mol. The normalized spacial score (nSPS) is 16.0. The van der Waals surface area contributed by atoms with E-state index in [0.717, 1.165) is 6.20 Å². The number of rotatable bonds is 5. The lowest BCUT2D eigenvalue weighted by atomic mass is 9.80. The number of nitrogens with one attached hydrogen (secondary N) is 1. The summed E-state index contributed by atoms with van der Waals surface area (Å²) in [6.07, 6.45) is -1.00. The molecule has 0 spiro atoms. The predicted octanol–water partition coefficient (Wildman–Crippen LogP) is 3.74. The second-order valence-corrected chi connectivity index (χ2v) is 6.44. The second-order valence-electron chi connectivity index (χ2n) is 6.44. The van der Waals surface area contributed by atoms with E-state index in [1.54, 1.807) is 4.90 Å². The third-order valence-corrected chi connectivity index (χ3v) is 5.27. The first-order chi connectivity index (χ1) is 11.3. The van der Waals surface area contributed by atoms with Crippen LogP contribution in [0.4, 0.5) is 13.2 Å². The maximum Gasteiger partial charge on any atom is 0.432 e. The molecule has 1 amide bonds. The van der Waals surface area contributed by atoms with Gasteiger partial charge in [0.2, 0.25) is 5.91 Å². The fourth-order valence-electron chi connectivity index (χ4n) is 3.31. The number of H-pyrrole nitrogens is 1. The van der Waals surface area contributed by atoms with Crippen molar-refractivity contribution in [2.45, 2.75) is 51.6 Å². The standard InChI is InChI=1S/C16H25F3N4O.2ClH/c1-3-15(4-2,10-20)14(24)23-7-5-11(6-8-23)13-21-9-12(22-13)16(17,18)19;;/h9,11H,3-8,10,20H2,1-2H3,(H,21,22);2*1H. The Balaban J connectivity index is 0.00000312. The van der Waals surface area contributed by atoms with E-state index >= 15 is 0 Å². The second kappa shape index (κ2) is 9.80. The first-order valence-electron chi connectivity index (χ1n) is 8.39. The van der Waals surface area contributed by atoms with E-state index in [2.05, 4.69) is 9.97 Å². The van der Waals surface area contributed by atoms with Gasteiger partial charge >= 0.3 is 6.18 Å². The monoisotopic (exact) mass is 418 g/mol. The van der Waals surface area contributed by atoms with E-state index in [-0.39, 0.29) is 36.6 Å². The number of alkyl halides is 3. The molecule has 2 rings (SSSR count). The van der Waals surface area contributed by atoms with Crippen molar-refractivity contribution >= 4 is 30.7 Å².